The molecular weight excluding hydrogens is 334 g/mol. The molecule has 2 aromatic rings. The summed E-state index contributed by atoms with van der Waals surface area (Å²) in [6, 6.07) is 13.2. The van der Waals surface area contributed by atoms with Crippen LogP contribution in [0.25, 0.3) is 0 Å². The van der Waals surface area contributed by atoms with Gasteiger partial charge in [0.15, 0.2) is 0 Å². The number of hydrogen-bond donors (Lipinski definition) is 1. The molecule has 132 valence electrons. The molecule has 25 heavy (non-hydrogen) atoms. The normalized spacial score (nSPS) is 16.1. The van der Waals surface area contributed by atoms with E-state index in [0.717, 1.165) is 29.0 Å². The summed E-state index contributed by atoms with van der Waals surface area (Å²) >= 11 is 0. The zero-order valence-electron chi connectivity index (χ0n) is 14.5. The molecule has 1 N–H and O–H groups in total. The molecule has 3 rings (SSSR count). The van der Waals surface area contributed by atoms with Crippen LogP contribution < -0.4 is 5.32 Å². The number of carbonyl (C=O) groups excluding carboxylic acids is 1. The number of pyridine rings is 1. The number of carbonyl (C=O) groups is 1. The fraction of sp³-hybridized carbons (Fsp3) is 0.368. The Hall–Kier alpha value is -2.21. The minimum atomic E-state index is -0.986. The van der Waals surface area contributed by atoms with E-state index < -0.39 is 10.8 Å². The Morgan fingerprint density at radius 2 is 2.00 bits per heavy atom. The predicted molar refractivity (Wildman–Crippen MR) is 98.5 cm³/mol. The summed E-state index contributed by atoms with van der Waals surface area (Å²) in [5, 5.41) is 3.12. The van der Waals surface area contributed by atoms with Gasteiger partial charge in [-0.1, -0.05) is 18.2 Å². The Bertz CT molecular complexity index is 745. The Kier molecular flexibility index (Phi) is 5.48. The van der Waals surface area contributed by atoms with E-state index in [1.165, 1.54) is 0 Å². The van der Waals surface area contributed by atoms with Crippen molar-refractivity contribution in [3.8, 4) is 0 Å². The maximum atomic E-state index is 12.6. The van der Waals surface area contributed by atoms with E-state index in [4.69, 9.17) is 0 Å². The van der Waals surface area contributed by atoms with E-state index in [1.807, 2.05) is 42.5 Å². The molecule has 2 atom stereocenters. The number of urea groups is 1. The first-order chi connectivity index (χ1) is 12.0. The van der Waals surface area contributed by atoms with E-state index >= 15 is 0 Å². The maximum Gasteiger partial charge on any atom is 0.317 e. The third-order valence-electron chi connectivity index (χ3n) is 4.40. The van der Waals surface area contributed by atoms with E-state index in [9.17, 15) is 9.00 Å². The molecule has 1 aromatic carbocycles. The van der Waals surface area contributed by atoms with Gasteiger partial charge in [-0.3, -0.25) is 9.19 Å². The first-order valence-corrected chi connectivity index (χ1v) is 9.95. The molecule has 0 spiro atoms. The lowest BCUT2D eigenvalue weighted by atomic mass is 10.1. The standard InChI is InChI=1S/C19H23N3O2S/c1-22(13-14-6-10-16(11-7-14)25(2)24)19(23)21-18(15-8-9-15)17-5-3-4-12-20-17/h3-7,10-12,15,18H,8-9,13H2,1-2H3,(H,21,23). The molecule has 5 nitrogen and oxygen atoms in total. The van der Waals surface area contributed by atoms with Gasteiger partial charge in [0.05, 0.1) is 11.7 Å². The summed E-state index contributed by atoms with van der Waals surface area (Å²) in [6.45, 7) is 0.502. The van der Waals surface area contributed by atoms with Crippen LogP contribution in [0.3, 0.4) is 0 Å². The summed E-state index contributed by atoms with van der Waals surface area (Å²) in [4.78, 5) is 19.4. The zero-order chi connectivity index (χ0) is 17.8. The molecule has 1 saturated carbocycles. The zero-order valence-corrected chi connectivity index (χ0v) is 15.3. The van der Waals surface area contributed by atoms with Gasteiger partial charge >= 0.3 is 6.03 Å². The van der Waals surface area contributed by atoms with Crippen molar-refractivity contribution >= 4 is 16.8 Å². The van der Waals surface area contributed by atoms with Crippen LogP contribution >= 0.6 is 0 Å². The highest BCUT2D eigenvalue weighted by atomic mass is 32.2. The minimum absolute atomic E-state index is 0.0268. The first-order valence-electron chi connectivity index (χ1n) is 8.39. The molecule has 2 unspecified atom stereocenters. The van der Waals surface area contributed by atoms with Crippen LogP contribution in [0.1, 0.15) is 30.1 Å². The number of hydrogen-bond acceptors (Lipinski definition) is 3. The van der Waals surface area contributed by atoms with E-state index in [2.05, 4.69) is 10.3 Å². The molecule has 2 amide bonds. The molecule has 1 aliphatic rings. The van der Waals surface area contributed by atoms with Crippen LogP contribution in [0.2, 0.25) is 0 Å². The van der Waals surface area contributed by atoms with Gasteiger partial charge in [0.2, 0.25) is 0 Å². The van der Waals surface area contributed by atoms with Crippen LogP contribution in [0.15, 0.2) is 53.6 Å². The van der Waals surface area contributed by atoms with Gasteiger partial charge in [0.1, 0.15) is 0 Å². The SMILES string of the molecule is CN(Cc1ccc(S(C)=O)cc1)C(=O)NC(c1ccccn1)C1CC1. The molecular formula is C19H23N3O2S. The second-order valence-electron chi connectivity index (χ2n) is 6.47. The van der Waals surface area contributed by atoms with Gasteiger partial charge in [-0.05, 0) is 48.6 Å². The summed E-state index contributed by atoms with van der Waals surface area (Å²) < 4.78 is 11.4. The van der Waals surface area contributed by atoms with Crippen LogP contribution in [0.4, 0.5) is 4.79 Å². The van der Waals surface area contributed by atoms with Crippen molar-refractivity contribution in [3.63, 3.8) is 0 Å². The van der Waals surface area contributed by atoms with Gasteiger partial charge < -0.3 is 10.2 Å². The molecule has 1 aliphatic carbocycles. The van der Waals surface area contributed by atoms with Crippen molar-refractivity contribution in [2.75, 3.05) is 13.3 Å². The number of benzene rings is 1. The molecule has 0 saturated heterocycles. The number of rotatable bonds is 6. The van der Waals surface area contributed by atoms with E-state index in [1.54, 1.807) is 24.4 Å². The monoisotopic (exact) mass is 357 g/mol. The lowest BCUT2D eigenvalue weighted by molar-refractivity contribution is 0.200. The lowest BCUT2D eigenvalue weighted by Crippen LogP contribution is -2.40. The molecule has 1 aromatic heterocycles. The fourth-order valence-electron chi connectivity index (χ4n) is 2.80. The Balaban J connectivity index is 1.62. The van der Waals surface area contributed by atoms with Crippen molar-refractivity contribution in [1.29, 1.82) is 0 Å². The second-order valence-corrected chi connectivity index (χ2v) is 7.85. The summed E-state index contributed by atoms with van der Waals surface area (Å²) in [7, 11) is 0.795. The third kappa shape index (κ3) is 4.66. The summed E-state index contributed by atoms with van der Waals surface area (Å²) in [6.07, 6.45) is 5.67. The highest BCUT2D eigenvalue weighted by molar-refractivity contribution is 7.84. The Labute approximate surface area is 150 Å². The van der Waals surface area contributed by atoms with Gasteiger partial charge in [0.25, 0.3) is 0 Å². The second kappa shape index (κ2) is 7.78. The summed E-state index contributed by atoms with van der Waals surface area (Å²) in [5.41, 5.74) is 1.93. The Morgan fingerprint density at radius 3 is 2.56 bits per heavy atom. The van der Waals surface area contributed by atoms with Crippen molar-refractivity contribution in [2.24, 2.45) is 5.92 Å². The van der Waals surface area contributed by atoms with Crippen molar-refractivity contribution in [3.05, 3.63) is 59.9 Å². The van der Waals surface area contributed by atoms with Crippen LogP contribution in [-0.2, 0) is 17.3 Å². The maximum absolute atomic E-state index is 12.6. The Morgan fingerprint density at radius 1 is 1.28 bits per heavy atom. The minimum Gasteiger partial charge on any atom is -0.329 e. The first kappa shape index (κ1) is 17.6. The highest BCUT2D eigenvalue weighted by Gasteiger charge is 2.34. The van der Waals surface area contributed by atoms with Crippen molar-refractivity contribution in [1.82, 2.24) is 15.2 Å². The smallest absolute Gasteiger partial charge is 0.317 e. The van der Waals surface area contributed by atoms with Crippen LogP contribution in [0.5, 0.6) is 0 Å². The van der Waals surface area contributed by atoms with Crippen molar-refractivity contribution in [2.45, 2.75) is 30.3 Å². The number of nitrogens with zero attached hydrogens (tertiary/aromatic N) is 2. The number of nitrogens with one attached hydrogen (secondary N) is 1. The van der Waals surface area contributed by atoms with Gasteiger partial charge in [0, 0.05) is 41.7 Å². The average Bonchev–Trinajstić information content (AvgIpc) is 3.45. The van der Waals surface area contributed by atoms with Gasteiger partial charge in [-0.2, -0.15) is 0 Å². The fourth-order valence-corrected chi connectivity index (χ4v) is 3.32. The molecule has 0 radical (unpaired) electrons. The van der Waals surface area contributed by atoms with E-state index in [-0.39, 0.29) is 12.1 Å². The largest absolute Gasteiger partial charge is 0.329 e. The van der Waals surface area contributed by atoms with Crippen molar-refractivity contribution < 1.29 is 9.00 Å². The highest BCUT2D eigenvalue weighted by Crippen LogP contribution is 2.40. The predicted octanol–water partition coefficient (Wildman–Crippen LogP) is 3.11. The molecule has 0 bridgehead atoms. The number of aromatic nitrogens is 1. The topological polar surface area (TPSA) is 62.3 Å². The van der Waals surface area contributed by atoms with Gasteiger partial charge in [-0.15, -0.1) is 0 Å². The third-order valence-corrected chi connectivity index (χ3v) is 5.34. The van der Waals surface area contributed by atoms with Crippen LogP contribution in [-0.4, -0.2) is 33.4 Å². The lowest BCUT2D eigenvalue weighted by Gasteiger charge is -2.23. The van der Waals surface area contributed by atoms with E-state index in [0.29, 0.717) is 12.5 Å². The van der Waals surface area contributed by atoms with Crippen LogP contribution in [0, 0.1) is 5.92 Å². The van der Waals surface area contributed by atoms with Gasteiger partial charge in [-0.25, -0.2) is 4.79 Å². The quantitative estimate of drug-likeness (QED) is 0.864. The number of amides is 2. The molecule has 6 heteroatoms. The summed E-state index contributed by atoms with van der Waals surface area (Å²) in [5.74, 6) is 0.478. The molecule has 0 aliphatic heterocycles. The molecule has 1 fully saturated rings. The molecule has 1 heterocycles. The average molecular weight is 357 g/mol.